The van der Waals surface area contributed by atoms with E-state index in [4.69, 9.17) is 0 Å². The normalized spacial score (nSPS) is 26.1. The van der Waals surface area contributed by atoms with Gasteiger partial charge in [-0.3, -0.25) is 0 Å². The lowest BCUT2D eigenvalue weighted by molar-refractivity contribution is 0.588. The zero-order chi connectivity index (χ0) is 13.0. The second-order valence-electron chi connectivity index (χ2n) is 7.03. The molecule has 1 fully saturated rings. The molecule has 1 nitrogen and oxygen atoms in total. The number of rotatable bonds is 0. The summed E-state index contributed by atoms with van der Waals surface area (Å²) in [4.78, 5) is 0. The highest BCUT2D eigenvalue weighted by Gasteiger charge is 2.36. The van der Waals surface area contributed by atoms with E-state index in [1.54, 1.807) is 5.57 Å². The number of fused-ring (bicyclic) bond motifs is 2. The van der Waals surface area contributed by atoms with E-state index in [2.05, 4.69) is 57.3 Å². The molecule has 18 heavy (non-hydrogen) atoms. The van der Waals surface area contributed by atoms with Gasteiger partial charge in [0.25, 0.3) is 0 Å². The molecule has 1 saturated carbocycles. The van der Waals surface area contributed by atoms with Crippen molar-refractivity contribution >= 4 is 11.8 Å². The molecule has 96 valence electrons. The van der Waals surface area contributed by atoms with Gasteiger partial charge in [0.1, 0.15) is 0 Å². The van der Waals surface area contributed by atoms with Crippen LogP contribution in [0.25, 0.3) is 6.08 Å². The van der Waals surface area contributed by atoms with Gasteiger partial charge in [0, 0.05) is 5.69 Å². The summed E-state index contributed by atoms with van der Waals surface area (Å²) in [5.41, 5.74) is 6.12. The second-order valence-corrected chi connectivity index (χ2v) is 7.03. The Labute approximate surface area is 110 Å². The Bertz CT molecular complexity index is 519. The molecule has 0 aromatic heterocycles. The average molecular weight is 241 g/mol. The molecular weight excluding hydrogens is 218 g/mol. The van der Waals surface area contributed by atoms with Crippen LogP contribution >= 0.6 is 0 Å². The van der Waals surface area contributed by atoms with Crippen molar-refractivity contribution in [3.05, 3.63) is 34.9 Å². The number of nitrogens with one attached hydrogen (secondary N) is 1. The van der Waals surface area contributed by atoms with E-state index >= 15 is 0 Å². The maximum Gasteiger partial charge on any atom is 0.0560 e. The minimum Gasteiger partial charge on any atom is -0.376 e. The molecule has 2 aliphatic rings. The van der Waals surface area contributed by atoms with Crippen molar-refractivity contribution in [2.24, 2.45) is 0 Å². The predicted molar refractivity (Wildman–Crippen MR) is 79.0 cm³/mol. The smallest absolute Gasteiger partial charge is 0.0560 e. The van der Waals surface area contributed by atoms with Gasteiger partial charge in [-0.25, -0.2) is 0 Å². The van der Waals surface area contributed by atoms with Gasteiger partial charge in [-0.1, -0.05) is 32.9 Å². The lowest BCUT2D eigenvalue weighted by Gasteiger charge is -2.34. The van der Waals surface area contributed by atoms with Gasteiger partial charge < -0.3 is 5.32 Å². The van der Waals surface area contributed by atoms with Crippen LogP contribution in [0.15, 0.2) is 23.8 Å². The minimum absolute atomic E-state index is 0.219. The van der Waals surface area contributed by atoms with Crippen LogP contribution < -0.4 is 5.32 Å². The molecule has 1 atom stereocenters. The molecule has 0 amide bonds. The fourth-order valence-electron chi connectivity index (χ4n) is 3.19. The number of hydrogen-bond donors (Lipinski definition) is 1. The van der Waals surface area contributed by atoms with E-state index in [1.165, 1.54) is 36.1 Å². The first kappa shape index (κ1) is 11.8. The third-order valence-corrected chi connectivity index (χ3v) is 4.49. The van der Waals surface area contributed by atoms with Crippen molar-refractivity contribution in [3.63, 3.8) is 0 Å². The Morgan fingerprint density at radius 2 is 2.00 bits per heavy atom. The quantitative estimate of drug-likeness (QED) is 0.692. The van der Waals surface area contributed by atoms with Crippen molar-refractivity contribution in [2.45, 2.75) is 57.9 Å². The minimum atomic E-state index is 0.219. The molecule has 0 spiro atoms. The van der Waals surface area contributed by atoms with Crippen molar-refractivity contribution < 1.29 is 0 Å². The molecule has 0 radical (unpaired) electrons. The fourth-order valence-corrected chi connectivity index (χ4v) is 3.19. The third kappa shape index (κ3) is 1.77. The van der Waals surface area contributed by atoms with E-state index in [0.717, 1.165) is 0 Å². The Morgan fingerprint density at radius 1 is 1.22 bits per heavy atom. The van der Waals surface area contributed by atoms with Crippen LogP contribution in [-0.4, -0.2) is 5.54 Å². The first-order chi connectivity index (χ1) is 8.38. The van der Waals surface area contributed by atoms with E-state index < -0.39 is 0 Å². The van der Waals surface area contributed by atoms with E-state index in [0.29, 0.717) is 0 Å². The molecule has 1 aliphatic carbocycles. The van der Waals surface area contributed by atoms with Crippen LogP contribution in [0.2, 0.25) is 0 Å². The predicted octanol–water partition coefficient (Wildman–Crippen LogP) is 4.74. The zero-order valence-electron chi connectivity index (χ0n) is 11.9. The summed E-state index contributed by atoms with van der Waals surface area (Å²) < 4.78 is 0. The van der Waals surface area contributed by atoms with Crippen molar-refractivity contribution in [1.82, 2.24) is 0 Å². The first-order valence-corrected chi connectivity index (χ1v) is 7.02. The van der Waals surface area contributed by atoms with Gasteiger partial charge in [0.15, 0.2) is 0 Å². The molecule has 1 aromatic rings. The highest BCUT2D eigenvalue weighted by atomic mass is 15.0. The topological polar surface area (TPSA) is 12.0 Å². The van der Waals surface area contributed by atoms with Crippen LogP contribution in [0.1, 0.15) is 58.1 Å². The number of benzene rings is 1. The maximum absolute atomic E-state index is 3.75. The van der Waals surface area contributed by atoms with E-state index in [-0.39, 0.29) is 11.0 Å². The van der Waals surface area contributed by atoms with Crippen LogP contribution in [0.4, 0.5) is 5.69 Å². The van der Waals surface area contributed by atoms with Crippen LogP contribution in [0, 0.1) is 0 Å². The fraction of sp³-hybridized carbons (Fsp3) is 0.529. The summed E-state index contributed by atoms with van der Waals surface area (Å²) >= 11 is 0. The molecule has 3 rings (SSSR count). The molecular formula is C17H23N. The average Bonchev–Trinajstić information content (AvgIpc) is 2.64. The Morgan fingerprint density at radius 3 is 2.72 bits per heavy atom. The summed E-state index contributed by atoms with van der Waals surface area (Å²) in [6.07, 6.45) is 6.26. The van der Waals surface area contributed by atoms with Crippen LogP contribution in [0.3, 0.4) is 0 Å². The molecule has 1 N–H and O–H groups in total. The number of anilines is 1. The first-order valence-electron chi connectivity index (χ1n) is 7.02. The van der Waals surface area contributed by atoms with Gasteiger partial charge in [-0.15, -0.1) is 0 Å². The van der Waals surface area contributed by atoms with E-state index in [1.807, 2.05) is 0 Å². The van der Waals surface area contributed by atoms with Crippen molar-refractivity contribution in [3.8, 4) is 0 Å². The SMILES string of the molecule is CC12CCCC1=Cc1cc(C(C)(C)C)ccc1N2. The molecule has 1 heteroatoms. The summed E-state index contributed by atoms with van der Waals surface area (Å²) in [5.74, 6) is 0. The van der Waals surface area contributed by atoms with Crippen molar-refractivity contribution in [2.75, 3.05) is 5.32 Å². The highest BCUT2D eigenvalue weighted by molar-refractivity contribution is 5.76. The number of hydrogen-bond acceptors (Lipinski definition) is 1. The van der Waals surface area contributed by atoms with Crippen molar-refractivity contribution in [1.29, 1.82) is 0 Å². The van der Waals surface area contributed by atoms with Crippen LogP contribution in [0.5, 0.6) is 0 Å². The summed E-state index contributed by atoms with van der Waals surface area (Å²) in [5, 5.41) is 3.75. The molecule has 1 aromatic carbocycles. The lowest BCUT2D eigenvalue weighted by Crippen LogP contribution is -2.35. The standard InChI is InChI=1S/C17H23N/c1-16(2,3)13-7-8-15-12(10-13)11-14-6-5-9-17(14,4)18-15/h7-8,10-11,18H,5-6,9H2,1-4H3. The van der Waals surface area contributed by atoms with E-state index in [9.17, 15) is 0 Å². The van der Waals surface area contributed by atoms with Crippen LogP contribution in [-0.2, 0) is 5.41 Å². The summed E-state index contributed by atoms with van der Waals surface area (Å²) in [7, 11) is 0. The Hall–Kier alpha value is -1.24. The Balaban J connectivity index is 2.07. The summed E-state index contributed by atoms with van der Waals surface area (Å²) in [6.45, 7) is 9.17. The largest absolute Gasteiger partial charge is 0.376 e. The second kappa shape index (κ2) is 3.63. The zero-order valence-corrected chi connectivity index (χ0v) is 11.9. The third-order valence-electron chi connectivity index (χ3n) is 4.49. The van der Waals surface area contributed by atoms with Gasteiger partial charge in [-0.05, 0) is 60.4 Å². The molecule has 1 unspecified atom stereocenters. The molecule has 0 saturated heterocycles. The van der Waals surface area contributed by atoms with Gasteiger partial charge in [0.2, 0.25) is 0 Å². The lowest BCUT2D eigenvalue weighted by atomic mass is 9.83. The summed E-state index contributed by atoms with van der Waals surface area (Å²) in [6, 6.07) is 6.88. The van der Waals surface area contributed by atoms with Gasteiger partial charge in [-0.2, -0.15) is 0 Å². The molecule has 1 heterocycles. The molecule has 0 bridgehead atoms. The Kier molecular flexibility index (Phi) is 2.38. The monoisotopic (exact) mass is 241 g/mol. The maximum atomic E-state index is 3.75. The molecule has 1 aliphatic heterocycles. The highest BCUT2D eigenvalue weighted by Crippen LogP contribution is 2.44. The van der Waals surface area contributed by atoms with Gasteiger partial charge >= 0.3 is 0 Å². The van der Waals surface area contributed by atoms with Gasteiger partial charge in [0.05, 0.1) is 5.54 Å².